The van der Waals surface area contributed by atoms with Crippen molar-refractivity contribution in [1.29, 1.82) is 0 Å². The Bertz CT molecular complexity index is 563. The van der Waals surface area contributed by atoms with Crippen LogP contribution >= 0.6 is 0 Å². The summed E-state index contributed by atoms with van der Waals surface area (Å²) in [4.78, 5) is 9.07. The molecule has 0 bridgehead atoms. The van der Waals surface area contributed by atoms with Crippen molar-refractivity contribution in [2.24, 2.45) is 0 Å². The Kier molecular flexibility index (Phi) is 3.33. The lowest BCUT2D eigenvalue weighted by Gasteiger charge is -2.18. The van der Waals surface area contributed by atoms with Crippen LogP contribution in [0.1, 0.15) is 51.4 Å². The number of hydrogen-bond donors (Lipinski definition) is 2. The first kappa shape index (κ1) is 12.8. The van der Waals surface area contributed by atoms with Gasteiger partial charge in [-0.2, -0.15) is 0 Å². The van der Waals surface area contributed by atoms with Gasteiger partial charge in [-0.05, 0) is 36.0 Å². The topological polar surface area (TPSA) is 88.8 Å². The third kappa shape index (κ3) is 2.64. The molecule has 0 aromatic carbocycles. The van der Waals surface area contributed by atoms with Crippen molar-refractivity contribution < 1.29 is 4.63 Å². The van der Waals surface area contributed by atoms with Crippen LogP contribution in [0.2, 0.25) is 0 Å². The first-order chi connectivity index (χ1) is 10.4. The summed E-state index contributed by atoms with van der Waals surface area (Å²) < 4.78 is 4.73. The van der Waals surface area contributed by atoms with Gasteiger partial charge in [0.05, 0.1) is 0 Å². The molecule has 0 spiro atoms. The minimum atomic E-state index is 0.465. The molecule has 0 atom stereocenters. The average Bonchev–Trinajstić information content (AvgIpc) is 3.20. The molecular weight excluding hydrogens is 268 g/mol. The molecule has 0 saturated heterocycles. The number of rotatable bonds is 4. The highest BCUT2D eigenvalue weighted by Crippen LogP contribution is 2.28. The molecule has 2 aliphatic rings. The maximum Gasteiger partial charge on any atom is 0.245 e. The van der Waals surface area contributed by atoms with Gasteiger partial charge in [0.25, 0.3) is 0 Å². The number of nitrogens with zero attached hydrogens (tertiary/aromatic N) is 4. The van der Waals surface area contributed by atoms with Crippen LogP contribution < -0.4 is 10.6 Å². The summed E-state index contributed by atoms with van der Waals surface area (Å²) in [6, 6.07) is 0.974. The summed E-state index contributed by atoms with van der Waals surface area (Å²) in [5, 5.41) is 14.6. The van der Waals surface area contributed by atoms with E-state index in [0.717, 1.165) is 11.6 Å². The molecule has 4 rings (SSSR count). The van der Waals surface area contributed by atoms with E-state index in [1.807, 2.05) is 0 Å². The minimum Gasteiger partial charge on any atom is -0.364 e. The molecule has 2 aromatic heterocycles. The first-order valence-electron chi connectivity index (χ1n) is 7.92. The van der Waals surface area contributed by atoms with Gasteiger partial charge in [0, 0.05) is 12.1 Å². The first-order valence-corrected chi connectivity index (χ1v) is 7.92. The van der Waals surface area contributed by atoms with E-state index in [-0.39, 0.29) is 0 Å². The van der Waals surface area contributed by atoms with Gasteiger partial charge in [-0.25, -0.2) is 14.6 Å². The lowest BCUT2D eigenvalue weighted by molar-refractivity contribution is 0.314. The van der Waals surface area contributed by atoms with E-state index in [4.69, 9.17) is 4.63 Å². The fraction of sp³-hybridized carbons (Fsp3) is 0.714. The largest absolute Gasteiger partial charge is 0.364 e. The normalized spacial score (nSPS) is 20.4. The molecule has 2 aliphatic carbocycles. The molecule has 2 heterocycles. The fourth-order valence-corrected chi connectivity index (χ4v) is 3.37. The molecule has 0 aliphatic heterocycles. The molecule has 2 fully saturated rings. The van der Waals surface area contributed by atoms with Gasteiger partial charge in [-0.15, -0.1) is 0 Å². The van der Waals surface area contributed by atoms with Gasteiger partial charge in [-0.3, -0.25) is 0 Å². The zero-order valence-corrected chi connectivity index (χ0v) is 12.0. The van der Waals surface area contributed by atoms with E-state index in [1.54, 1.807) is 0 Å². The van der Waals surface area contributed by atoms with Crippen LogP contribution in [0.4, 0.5) is 11.6 Å². The summed E-state index contributed by atoms with van der Waals surface area (Å²) in [5.41, 5.74) is 0.930. The molecule has 0 radical (unpaired) electrons. The van der Waals surface area contributed by atoms with Crippen LogP contribution in [0.25, 0.3) is 11.3 Å². The van der Waals surface area contributed by atoms with E-state index in [0.29, 0.717) is 23.4 Å². The Morgan fingerprint density at radius 2 is 1.14 bits per heavy atom. The summed E-state index contributed by atoms with van der Waals surface area (Å²) in [6.45, 7) is 0. The van der Waals surface area contributed by atoms with Gasteiger partial charge >= 0.3 is 0 Å². The van der Waals surface area contributed by atoms with Crippen molar-refractivity contribution in [3.8, 4) is 0 Å². The molecule has 7 heteroatoms. The molecule has 2 aromatic rings. The van der Waals surface area contributed by atoms with Crippen molar-refractivity contribution in [2.75, 3.05) is 10.6 Å². The Labute approximate surface area is 122 Å². The van der Waals surface area contributed by atoms with E-state index in [1.165, 1.54) is 51.4 Å². The van der Waals surface area contributed by atoms with Gasteiger partial charge < -0.3 is 10.6 Å². The van der Waals surface area contributed by atoms with Crippen LogP contribution in [0, 0.1) is 0 Å². The van der Waals surface area contributed by atoms with Crippen LogP contribution in [0.5, 0.6) is 0 Å². The molecule has 2 saturated carbocycles. The highest BCUT2D eigenvalue weighted by atomic mass is 16.6. The van der Waals surface area contributed by atoms with Crippen LogP contribution in [0.15, 0.2) is 4.63 Å². The Hall–Kier alpha value is -1.92. The third-order valence-corrected chi connectivity index (χ3v) is 4.51. The second kappa shape index (κ2) is 5.46. The minimum absolute atomic E-state index is 0.465. The zero-order valence-electron chi connectivity index (χ0n) is 12.0. The van der Waals surface area contributed by atoms with Gasteiger partial charge in [0.1, 0.15) is 0 Å². The maximum atomic E-state index is 4.73. The lowest BCUT2D eigenvalue weighted by atomic mass is 10.2. The summed E-state index contributed by atoms with van der Waals surface area (Å²) in [6.07, 6.45) is 9.90. The number of fused-ring (bicyclic) bond motifs is 1. The SMILES string of the molecule is C1CCC(Nc2nc3nonc3nc2NC2CCCC2)C1. The predicted molar refractivity (Wildman–Crippen MR) is 79.2 cm³/mol. The highest BCUT2D eigenvalue weighted by Gasteiger charge is 2.22. The van der Waals surface area contributed by atoms with Crippen molar-refractivity contribution in [2.45, 2.75) is 63.5 Å². The lowest BCUT2D eigenvalue weighted by Crippen LogP contribution is -2.21. The zero-order chi connectivity index (χ0) is 14.1. The van der Waals surface area contributed by atoms with Crippen LogP contribution in [-0.2, 0) is 0 Å². The van der Waals surface area contributed by atoms with Crippen molar-refractivity contribution in [1.82, 2.24) is 20.3 Å². The second-order valence-corrected chi connectivity index (χ2v) is 6.08. The fourth-order valence-electron chi connectivity index (χ4n) is 3.37. The molecule has 21 heavy (non-hydrogen) atoms. The smallest absolute Gasteiger partial charge is 0.245 e. The van der Waals surface area contributed by atoms with E-state index >= 15 is 0 Å². The molecule has 0 unspecified atom stereocenters. The van der Waals surface area contributed by atoms with Crippen molar-refractivity contribution in [3.63, 3.8) is 0 Å². The van der Waals surface area contributed by atoms with Crippen LogP contribution in [0.3, 0.4) is 0 Å². The monoisotopic (exact) mass is 288 g/mol. The number of anilines is 2. The predicted octanol–water partition coefficient (Wildman–Crippen LogP) is 2.72. The van der Waals surface area contributed by atoms with E-state index in [9.17, 15) is 0 Å². The van der Waals surface area contributed by atoms with Crippen molar-refractivity contribution >= 4 is 22.9 Å². The molecule has 7 nitrogen and oxygen atoms in total. The van der Waals surface area contributed by atoms with E-state index < -0.39 is 0 Å². The molecular formula is C14H20N6O. The summed E-state index contributed by atoms with van der Waals surface area (Å²) in [7, 11) is 0. The quantitative estimate of drug-likeness (QED) is 0.894. The van der Waals surface area contributed by atoms with Gasteiger partial charge in [-0.1, -0.05) is 25.7 Å². The Balaban J connectivity index is 1.63. The van der Waals surface area contributed by atoms with Gasteiger partial charge in [0.15, 0.2) is 11.6 Å². The third-order valence-electron chi connectivity index (χ3n) is 4.51. The maximum absolute atomic E-state index is 4.73. The summed E-state index contributed by atoms with van der Waals surface area (Å²) >= 11 is 0. The number of hydrogen-bond acceptors (Lipinski definition) is 7. The Morgan fingerprint density at radius 3 is 1.57 bits per heavy atom. The second-order valence-electron chi connectivity index (χ2n) is 6.08. The van der Waals surface area contributed by atoms with Gasteiger partial charge in [0.2, 0.25) is 11.3 Å². The summed E-state index contributed by atoms with van der Waals surface area (Å²) in [5.74, 6) is 1.58. The average molecular weight is 288 g/mol. The number of aromatic nitrogens is 4. The standard InChI is InChI=1S/C14H20N6O/c1-2-6-9(5-1)15-11-12(16-10-7-3-4-8-10)18-14-13(17-11)19-21-20-14/h9-10H,1-8H2,(H,15,17,19)(H,16,18,20). The van der Waals surface area contributed by atoms with Crippen molar-refractivity contribution in [3.05, 3.63) is 0 Å². The molecule has 112 valence electrons. The number of nitrogens with one attached hydrogen (secondary N) is 2. The van der Waals surface area contributed by atoms with E-state index in [2.05, 4.69) is 30.9 Å². The molecule has 2 N–H and O–H groups in total. The highest BCUT2D eigenvalue weighted by molar-refractivity contribution is 5.73. The van der Waals surface area contributed by atoms with Crippen LogP contribution in [-0.4, -0.2) is 32.4 Å². The Morgan fingerprint density at radius 1 is 0.714 bits per heavy atom. The molecule has 0 amide bonds.